The highest BCUT2D eigenvalue weighted by molar-refractivity contribution is 6.13. The Hall–Kier alpha value is -7.86. The smallest absolute Gasteiger partial charge is 0.195 e. The van der Waals surface area contributed by atoms with Crippen LogP contribution >= 0.6 is 0 Å². The third-order valence-corrected chi connectivity index (χ3v) is 11.1. The van der Waals surface area contributed by atoms with Crippen LogP contribution in [0.25, 0.3) is 103 Å². The molecule has 0 aliphatic rings. The lowest BCUT2D eigenvalue weighted by molar-refractivity contribution is 1.15. The van der Waals surface area contributed by atoms with Crippen molar-refractivity contribution in [2.75, 3.05) is 0 Å². The number of aromatic nitrogens is 3. The molecule has 0 atom stereocenters. The predicted octanol–water partition coefficient (Wildman–Crippen LogP) is 13.7. The molecule has 3 heterocycles. The molecule has 0 aliphatic carbocycles. The van der Waals surface area contributed by atoms with Gasteiger partial charge >= 0.3 is 0 Å². The molecule has 3 aromatic heterocycles. The van der Waals surface area contributed by atoms with Crippen molar-refractivity contribution in [3.05, 3.63) is 199 Å². The molecule has 0 fully saturated rings. The average Bonchev–Trinajstić information content (AvgIpc) is 3.88. The van der Waals surface area contributed by atoms with Crippen LogP contribution in [0, 0.1) is 13.1 Å². The highest BCUT2D eigenvalue weighted by atomic mass is 15.0. The van der Waals surface area contributed by atoms with E-state index in [0.29, 0.717) is 11.4 Å². The van der Waals surface area contributed by atoms with Crippen LogP contribution in [0.5, 0.6) is 0 Å². The summed E-state index contributed by atoms with van der Waals surface area (Å²) in [5, 5.41) is 6.96. The minimum absolute atomic E-state index is 0.594. The first kappa shape index (κ1) is 30.7. The molecule has 8 aromatic carbocycles. The summed E-state index contributed by atoms with van der Waals surface area (Å²) in [5.41, 5.74) is 12.8. The SMILES string of the molecule is [C-]#[N+]c1ccc2c(c1)c1ccccc1n2-c1cccc(-c2cc(-n3c4ccccc4c4ccc(-n5c6ccccc6c6ccccc65)cc43)ccc2[N+]#[C-])c1. The van der Waals surface area contributed by atoms with E-state index in [1.807, 2.05) is 30.3 Å². The third kappa shape index (κ3) is 4.51. The van der Waals surface area contributed by atoms with Crippen molar-refractivity contribution in [2.24, 2.45) is 0 Å². The van der Waals surface area contributed by atoms with Crippen LogP contribution in [-0.2, 0) is 0 Å². The van der Waals surface area contributed by atoms with Gasteiger partial charge in [-0.3, -0.25) is 0 Å². The molecule has 254 valence electrons. The normalized spacial score (nSPS) is 11.6. The number of benzene rings is 8. The van der Waals surface area contributed by atoms with Crippen molar-refractivity contribution in [3.8, 4) is 28.2 Å². The van der Waals surface area contributed by atoms with Gasteiger partial charge in [0.1, 0.15) is 0 Å². The fourth-order valence-electron chi connectivity index (χ4n) is 8.69. The van der Waals surface area contributed by atoms with Gasteiger partial charge in [0.2, 0.25) is 0 Å². The summed E-state index contributed by atoms with van der Waals surface area (Å²) in [6.07, 6.45) is 0. The van der Waals surface area contributed by atoms with Gasteiger partial charge in [-0.25, -0.2) is 9.69 Å². The van der Waals surface area contributed by atoms with Gasteiger partial charge in [-0.05, 0) is 89.3 Å². The van der Waals surface area contributed by atoms with E-state index in [1.54, 1.807) is 0 Å². The quantitative estimate of drug-likeness (QED) is 0.163. The van der Waals surface area contributed by atoms with E-state index in [-0.39, 0.29) is 0 Å². The van der Waals surface area contributed by atoms with Crippen molar-refractivity contribution in [2.45, 2.75) is 0 Å². The molecule has 0 radical (unpaired) electrons. The second-order valence-electron chi connectivity index (χ2n) is 14.0. The van der Waals surface area contributed by atoms with Gasteiger partial charge in [0.05, 0.1) is 46.2 Å². The zero-order valence-corrected chi connectivity index (χ0v) is 29.5. The first-order valence-electron chi connectivity index (χ1n) is 18.3. The van der Waals surface area contributed by atoms with Crippen LogP contribution in [0.2, 0.25) is 0 Å². The number of rotatable bonds is 4. The number of hydrogen-bond acceptors (Lipinski definition) is 0. The van der Waals surface area contributed by atoms with Gasteiger partial charge in [-0.2, -0.15) is 0 Å². The molecule has 0 saturated carbocycles. The summed E-state index contributed by atoms with van der Waals surface area (Å²) in [7, 11) is 0. The predicted molar refractivity (Wildman–Crippen MR) is 227 cm³/mol. The zero-order valence-electron chi connectivity index (χ0n) is 29.5. The maximum Gasteiger partial charge on any atom is 0.195 e. The summed E-state index contributed by atoms with van der Waals surface area (Å²) in [5.74, 6) is 0. The second-order valence-corrected chi connectivity index (χ2v) is 14.0. The Labute approximate surface area is 316 Å². The van der Waals surface area contributed by atoms with Crippen LogP contribution in [0.4, 0.5) is 11.4 Å². The number of fused-ring (bicyclic) bond motifs is 9. The first-order chi connectivity index (χ1) is 27.2. The van der Waals surface area contributed by atoms with Crippen molar-refractivity contribution in [1.29, 1.82) is 0 Å². The molecule has 0 unspecified atom stereocenters. The highest BCUT2D eigenvalue weighted by Gasteiger charge is 2.19. The van der Waals surface area contributed by atoms with Gasteiger partial charge in [-0.15, -0.1) is 0 Å². The number of nitrogens with zero attached hydrogens (tertiary/aromatic N) is 5. The van der Waals surface area contributed by atoms with Crippen LogP contribution < -0.4 is 0 Å². The Morgan fingerprint density at radius 2 is 0.818 bits per heavy atom. The monoisotopic (exact) mass is 699 g/mol. The minimum Gasteiger partial charge on any atom is -0.309 e. The van der Waals surface area contributed by atoms with Crippen LogP contribution in [-0.4, -0.2) is 13.7 Å². The lowest BCUT2D eigenvalue weighted by Crippen LogP contribution is -1.98. The van der Waals surface area contributed by atoms with E-state index >= 15 is 0 Å². The Kier molecular flexibility index (Phi) is 6.61. The van der Waals surface area contributed by atoms with Crippen molar-refractivity contribution in [1.82, 2.24) is 13.7 Å². The molecule has 0 aliphatic heterocycles. The van der Waals surface area contributed by atoms with Crippen LogP contribution in [0.15, 0.2) is 176 Å². The molecule has 11 aromatic rings. The molecule has 0 amide bonds. The maximum atomic E-state index is 8.21. The van der Waals surface area contributed by atoms with Gasteiger partial charge in [0.15, 0.2) is 11.4 Å². The van der Waals surface area contributed by atoms with Gasteiger partial charge in [0, 0.05) is 44.0 Å². The molecule has 5 heteroatoms. The van der Waals surface area contributed by atoms with E-state index in [4.69, 9.17) is 13.1 Å². The summed E-state index contributed by atoms with van der Waals surface area (Å²) in [6.45, 7) is 15.8. The van der Waals surface area contributed by atoms with Crippen LogP contribution in [0.1, 0.15) is 0 Å². The summed E-state index contributed by atoms with van der Waals surface area (Å²) in [4.78, 5) is 7.71. The van der Waals surface area contributed by atoms with Gasteiger partial charge in [0.25, 0.3) is 0 Å². The Balaban J connectivity index is 1.12. The van der Waals surface area contributed by atoms with E-state index < -0.39 is 0 Å². The van der Waals surface area contributed by atoms with Crippen LogP contribution in [0.3, 0.4) is 0 Å². The Morgan fingerprint density at radius 3 is 1.42 bits per heavy atom. The molecule has 0 spiro atoms. The molecule has 0 N–H and O–H groups in total. The minimum atomic E-state index is 0.594. The number of hydrogen-bond donors (Lipinski definition) is 0. The Bertz CT molecular complexity index is 3420. The molecule has 0 bridgehead atoms. The topological polar surface area (TPSA) is 23.5 Å². The van der Waals surface area contributed by atoms with Gasteiger partial charge in [-0.1, -0.05) is 103 Å². The molecule has 5 nitrogen and oxygen atoms in total. The van der Waals surface area contributed by atoms with Crippen molar-refractivity contribution in [3.63, 3.8) is 0 Å². The van der Waals surface area contributed by atoms with Crippen molar-refractivity contribution >= 4 is 76.8 Å². The Morgan fingerprint density at radius 1 is 0.327 bits per heavy atom. The largest absolute Gasteiger partial charge is 0.309 e. The lowest BCUT2D eigenvalue weighted by Gasteiger charge is -2.15. The summed E-state index contributed by atoms with van der Waals surface area (Å²) < 4.78 is 6.96. The second kappa shape index (κ2) is 11.8. The standard InChI is InChI=1S/C50H29N5/c1-51-33-22-27-49-43(29-33)40-17-6-10-21-48(40)53(49)34-13-11-12-32(28-34)42-30-35(24-26-44(42)52-2)55-47-20-9-5-16-39(47)41-25-23-36(31-50(41)55)54-45-18-7-3-14-37(45)38-15-4-8-19-46(38)54/h3-31H. The van der Waals surface area contributed by atoms with E-state index in [9.17, 15) is 0 Å². The maximum absolute atomic E-state index is 8.21. The molecular formula is C50H29N5. The molecule has 0 saturated heterocycles. The third-order valence-electron chi connectivity index (χ3n) is 11.1. The van der Waals surface area contributed by atoms with Crippen molar-refractivity contribution < 1.29 is 0 Å². The fourth-order valence-corrected chi connectivity index (χ4v) is 8.69. The summed E-state index contributed by atoms with van der Waals surface area (Å²) >= 11 is 0. The van der Waals surface area contributed by atoms with E-state index in [1.165, 1.54) is 32.6 Å². The van der Waals surface area contributed by atoms with Gasteiger partial charge < -0.3 is 13.7 Å². The molecular weight excluding hydrogens is 671 g/mol. The zero-order chi connectivity index (χ0) is 36.6. The molecule has 11 rings (SSSR count). The fraction of sp³-hybridized carbons (Fsp3) is 0. The van der Waals surface area contributed by atoms with E-state index in [0.717, 1.165) is 61.0 Å². The molecule has 55 heavy (non-hydrogen) atoms. The lowest BCUT2D eigenvalue weighted by atomic mass is 10.0. The summed E-state index contributed by atoms with van der Waals surface area (Å²) in [6, 6.07) is 61.4. The highest BCUT2D eigenvalue weighted by Crippen LogP contribution is 2.41. The van der Waals surface area contributed by atoms with E-state index in [2.05, 4.69) is 169 Å². The number of para-hydroxylation sites is 4. The average molecular weight is 700 g/mol. The first-order valence-corrected chi connectivity index (χ1v) is 18.3.